The largest absolute Gasteiger partial charge is 0.361 e. The summed E-state index contributed by atoms with van der Waals surface area (Å²) >= 11 is 5.83. The number of halogens is 1. The summed E-state index contributed by atoms with van der Waals surface area (Å²) in [5.74, 6) is -0.142. The number of nitro groups is 1. The predicted molar refractivity (Wildman–Crippen MR) is 83.0 cm³/mol. The first kappa shape index (κ1) is 14.3. The standard InChI is InChI=1S/C15H12ClN3O3/c1-18-14(9-6-7-11(16)13(8-9)19(21)22)17-12-5-3-2-4-10(12)15(18)20/h2-8,14,17H,1H3. The number of hydrogen-bond donors (Lipinski definition) is 1. The number of rotatable bonds is 2. The zero-order valence-electron chi connectivity index (χ0n) is 11.6. The van der Waals surface area contributed by atoms with Crippen molar-refractivity contribution in [3.63, 3.8) is 0 Å². The lowest BCUT2D eigenvalue weighted by molar-refractivity contribution is -0.384. The summed E-state index contributed by atoms with van der Waals surface area (Å²) in [6, 6.07) is 11.7. The summed E-state index contributed by atoms with van der Waals surface area (Å²) in [7, 11) is 1.65. The lowest BCUT2D eigenvalue weighted by atomic mass is 10.0. The molecule has 0 radical (unpaired) electrons. The highest BCUT2D eigenvalue weighted by Crippen LogP contribution is 2.34. The second kappa shape index (κ2) is 5.31. The van der Waals surface area contributed by atoms with Crippen molar-refractivity contribution >= 4 is 28.9 Å². The van der Waals surface area contributed by atoms with Crippen LogP contribution >= 0.6 is 11.6 Å². The molecule has 6 nitrogen and oxygen atoms in total. The molecule has 0 bridgehead atoms. The van der Waals surface area contributed by atoms with Crippen LogP contribution in [-0.2, 0) is 0 Å². The number of amides is 1. The Morgan fingerprint density at radius 3 is 2.73 bits per heavy atom. The number of hydrogen-bond acceptors (Lipinski definition) is 4. The van der Waals surface area contributed by atoms with E-state index in [1.807, 2.05) is 6.07 Å². The molecular weight excluding hydrogens is 306 g/mol. The van der Waals surface area contributed by atoms with Gasteiger partial charge in [-0.3, -0.25) is 14.9 Å². The van der Waals surface area contributed by atoms with Crippen molar-refractivity contribution in [3.8, 4) is 0 Å². The third-order valence-electron chi connectivity index (χ3n) is 3.64. The summed E-state index contributed by atoms with van der Waals surface area (Å²) in [6.45, 7) is 0. The van der Waals surface area contributed by atoms with E-state index in [1.54, 1.807) is 31.3 Å². The van der Waals surface area contributed by atoms with Crippen molar-refractivity contribution in [3.05, 3.63) is 68.7 Å². The van der Waals surface area contributed by atoms with E-state index in [1.165, 1.54) is 17.0 Å². The number of carbonyl (C=O) groups excluding carboxylic acids is 1. The van der Waals surface area contributed by atoms with E-state index in [9.17, 15) is 14.9 Å². The Morgan fingerprint density at radius 1 is 1.27 bits per heavy atom. The number of fused-ring (bicyclic) bond motifs is 1. The van der Waals surface area contributed by atoms with Crippen LogP contribution in [0.15, 0.2) is 42.5 Å². The molecule has 1 N–H and O–H groups in total. The van der Waals surface area contributed by atoms with E-state index in [-0.39, 0.29) is 16.6 Å². The molecular formula is C15H12ClN3O3. The number of para-hydroxylation sites is 1. The molecule has 0 saturated carbocycles. The molecule has 2 aromatic carbocycles. The van der Waals surface area contributed by atoms with Gasteiger partial charge in [-0.25, -0.2) is 0 Å². The molecule has 0 saturated heterocycles. The van der Waals surface area contributed by atoms with Gasteiger partial charge < -0.3 is 10.2 Å². The number of nitrogens with one attached hydrogen (secondary N) is 1. The quantitative estimate of drug-likeness (QED) is 0.680. The molecule has 1 amide bonds. The smallest absolute Gasteiger partial charge is 0.288 e. The molecule has 0 spiro atoms. The summed E-state index contributed by atoms with van der Waals surface area (Å²) in [6.07, 6.45) is -0.488. The minimum atomic E-state index is -0.537. The fourth-order valence-electron chi connectivity index (χ4n) is 2.49. The van der Waals surface area contributed by atoms with Gasteiger partial charge in [0.1, 0.15) is 11.2 Å². The minimum absolute atomic E-state index is 0.0685. The average molecular weight is 318 g/mol. The third kappa shape index (κ3) is 2.27. The molecule has 1 aliphatic heterocycles. The van der Waals surface area contributed by atoms with Gasteiger partial charge in [-0.15, -0.1) is 0 Å². The maximum absolute atomic E-state index is 12.4. The fourth-order valence-corrected chi connectivity index (χ4v) is 2.68. The molecule has 1 unspecified atom stereocenters. The summed E-state index contributed by atoms with van der Waals surface area (Å²) in [5, 5.41) is 14.3. The molecule has 0 fully saturated rings. The van der Waals surface area contributed by atoms with Gasteiger partial charge in [0.05, 0.1) is 10.5 Å². The lowest BCUT2D eigenvalue weighted by Crippen LogP contribution is -2.40. The Hall–Kier alpha value is -2.60. The Morgan fingerprint density at radius 2 is 2.00 bits per heavy atom. The van der Waals surface area contributed by atoms with Crippen molar-refractivity contribution in [2.24, 2.45) is 0 Å². The molecule has 2 aromatic rings. The van der Waals surface area contributed by atoms with Gasteiger partial charge in [-0.05, 0) is 18.2 Å². The number of carbonyl (C=O) groups is 1. The average Bonchev–Trinajstić information content (AvgIpc) is 2.51. The van der Waals surface area contributed by atoms with Gasteiger partial charge in [0.25, 0.3) is 11.6 Å². The monoisotopic (exact) mass is 317 g/mol. The maximum Gasteiger partial charge on any atom is 0.288 e. The van der Waals surface area contributed by atoms with Crippen LogP contribution < -0.4 is 5.32 Å². The van der Waals surface area contributed by atoms with Gasteiger partial charge in [0, 0.05) is 24.4 Å². The number of benzene rings is 2. The predicted octanol–water partition coefficient (Wildman–Crippen LogP) is 3.44. The van der Waals surface area contributed by atoms with E-state index in [2.05, 4.69) is 5.32 Å². The van der Waals surface area contributed by atoms with Crippen LogP contribution in [-0.4, -0.2) is 22.8 Å². The first-order chi connectivity index (χ1) is 10.5. The number of anilines is 1. The zero-order valence-corrected chi connectivity index (χ0v) is 12.4. The van der Waals surface area contributed by atoms with Crippen LogP contribution in [0.2, 0.25) is 5.02 Å². The van der Waals surface area contributed by atoms with Gasteiger partial charge in [0.2, 0.25) is 0 Å². The van der Waals surface area contributed by atoms with Crippen molar-refractivity contribution in [2.75, 3.05) is 12.4 Å². The molecule has 22 heavy (non-hydrogen) atoms. The first-order valence-electron chi connectivity index (χ1n) is 6.55. The summed E-state index contributed by atoms with van der Waals surface area (Å²) in [5.41, 5.74) is 1.69. The van der Waals surface area contributed by atoms with E-state index < -0.39 is 11.1 Å². The molecule has 1 heterocycles. The lowest BCUT2D eigenvalue weighted by Gasteiger charge is -2.35. The zero-order chi connectivity index (χ0) is 15.9. The maximum atomic E-state index is 12.4. The second-order valence-corrected chi connectivity index (χ2v) is 5.38. The number of nitrogens with zero attached hydrogens (tertiary/aromatic N) is 2. The molecule has 3 rings (SSSR count). The van der Waals surface area contributed by atoms with Crippen LogP contribution in [0.5, 0.6) is 0 Å². The molecule has 112 valence electrons. The van der Waals surface area contributed by atoms with Crippen LogP contribution in [0.4, 0.5) is 11.4 Å². The van der Waals surface area contributed by atoms with Crippen LogP contribution in [0.3, 0.4) is 0 Å². The van der Waals surface area contributed by atoms with Gasteiger partial charge in [-0.2, -0.15) is 0 Å². The molecule has 7 heteroatoms. The van der Waals surface area contributed by atoms with Crippen LogP contribution in [0.1, 0.15) is 22.1 Å². The molecule has 1 atom stereocenters. The minimum Gasteiger partial charge on any atom is -0.361 e. The normalized spacial score (nSPS) is 16.9. The Balaban J connectivity index is 2.05. The Labute approximate surface area is 131 Å². The van der Waals surface area contributed by atoms with Crippen molar-refractivity contribution in [1.82, 2.24) is 4.90 Å². The molecule has 1 aliphatic rings. The van der Waals surface area contributed by atoms with Crippen molar-refractivity contribution in [1.29, 1.82) is 0 Å². The molecule has 0 aliphatic carbocycles. The summed E-state index contributed by atoms with van der Waals surface area (Å²) in [4.78, 5) is 24.4. The van der Waals surface area contributed by atoms with E-state index >= 15 is 0 Å². The second-order valence-electron chi connectivity index (χ2n) is 4.98. The van der Waals surface area contributed by atoms with E-state index in [4.69, 9.17) is 11.6 Å². The highest BCUT2D eigenvalue weighted by atomic mass is 35.5. The number of nitro benzene ring substituents is 1. The Bertz CT molecular complexity index is 778. The van der Waals surface area contributed by atoms with Crippen molar-refractivity contribution < 1.29 is 9.72 Å². The van der Waals surface area contributed by atoms with E-state index in [0.29, 0.717) is 16.8 Å². The van der Waals surface area contributed by atoms with Gasteiger partial charge in [0.15, 0.2) is 0 Å². The fraction of sp³-hybridized carbons (Fsp3) is 0.133. The van der Waals surface area contributed by atoms with Crippen LogP contribution in [0.25, 0.3) is 0 Å². The highest BCUT2D eigenvalue weighted by molar-refractivity contribution is 6.32. The van der Waals surface area contributed by atoms with Gasteiger partial charge in [-0.1, -0.05) is 29.8 Å². The first-order valence-corrected chi connectivity index (χ1v) is 6.93. The molecule has 0 aromatic heterocycles. The Kier molecular flexibility index (Phi) is 3.46. The topological polar surface area (TPSA) is 75.5 Å². The highest BCUT2D eigenvalue weighted by Gasteiger charge is 2.31. The van der Waals surface area contributed by atoms with Gasteiger partial charge >= 0.3 is 0 Å². The SMILES string of the molecule is CN1C(=O)c2ccccc2NC1c1ccc(Cl)c([N+](=O)[O-])c1. The van der Waals surface area contributed by atoms with Crippen LogP contribution in [0, 0.1) is 10.1 Å². The third-order valence-corrected chi connectivity index (χ3v) is 3.96. The summed E-state index contributed by atoms with van der Waals surface area (Å²) < 4.78 is 0. The van der Waals surface area contributed by atoms with Crippen molar-refractivity contribution in [2.45, 2.75) is 6.17 Å². The van der Waals surface area contributed by atoms with E-state index in [0.717, 1.165) is 0 Å².